The molecule has 1 aliphatic carbocycles. The normalized spacial score (nSPS) is 16.0. The third-order valence-electron chi connectivity index (χ3n) is 6.43. The Morgan fingerprint density at radius 2 is 1.94 bits per heavy atom. The molecular formula is C30H32FN. The van der Waals surface area contributed by atoms with Crippen LogP contribution in [0.5, 0.6) is 0 Å². The number of allylic oxidation sites excluding steroid dienone is 6. The van der Waals surface area contributed by atoms with Gasteiger partial charge in [0.2, 0.25) is 0 Å². The average molecular weight is 426 g/mol. The molecule has 1 aliphatic rings. The number of fused-ring (bicyclic) bond motifs is 1. The summed E-state index contributed by atoms with van der Waals surface area (Å²) in [5, 5.41) is 1.19. The van der Waals surface area contributed by atoms with E-state index in [0.29, 0.717) is 12.1 Å². The Morgan fingerprint density at radius 3 is 2.66 bits per heavy atom. The summed E-state index contributed by atoms with van der Waals surface area (Å²) in [5.74, 6) is 0.103. The first-order valence-corrected chi connectivity index (χ1v) is 11.5. The third kappa shape index (κ3) is 3.90. The standard InChI is InChI=1S/C30H32FN/c1-7-9-23-13-15-28-26(17-23)29(25-11-8-10-21(5)22(25)6)30(19(2)3)32(28)18-24-16-20(4)12-14-27(24)31/h8,10-17,21H,2,6-7,9,18H2,1,3-5H3. The Bertz CT molecular complexity index is 1280. The van der Waals surface area contributed by atoms with Gasteiger partial charge in [-0.05, 0) is 66.7 Å². The summed E-state index contributed by atoms with van der Waals surface area (Å²) >= 11 is 0. The quantitative estimate of drug-likeness (QED) is 0.374. The SMILES string of the molecule is C=C(C)c1c(C2=CC=CC(C)C2=C)c2cc(CCC)ccc2n1Cc1cc(C)ccc1F. The summed E-state index contributed by atoms with van der Waals surface area (Å²) in [6, 6.07) is 12.0. The molecule has 4 rings (SSSR count). The lowest BCUT2D eigenvalue weighted by Crippen LogP contribution is -2.08. The van der Waals surface area contributed by atoms with Crippen LogP contribution >= 0.6 is 0 Å². The maximum Gasteiger partial charge on any atom is 0.128 e. The molecule has 0 radical (unpaired) electrons. The molecule has 0 N–H and O–H groups in total. The van der Waals surface area contributed by atoms with Crippen molar-refractivity contribution in [2.45, 2.75) is 47.1 Å². The number of hydrogen-bond acceptors (Lipinski definition) is 0. The first kappa shape index (κ1) is 22.1. The van der Waals surface area contributed by atoms with Gasteiger partial charge in [-0.1, -0.05) is 75.4 Å². The highest BCUT2D eigenvalue weighted by molar-refractivity contribution is 6.03. The maximum atomic E-state index is 14.8. The van der Waals surface area contributed by atoms with E-state index < -0.39 is 0 Å². The van der Waals surface area contributed by atoms with Gasteiger partial charge >= 0.3 is 0 Å². The molecule has 1 unspecified atom stereocenters. The summed E-state index contributed by atoms with van der Waals surface area (Å²) in [6.45, 7) is 17.6. The third-order valence-corrected chi connectivity index (χ3v) is 6.43. The first-order chi connectivity index (χ1) is 15.3. The lowest BCUT2D eigenvalue weighted by Gasteiger charge is -2.20. The molecule has 0 saturated carbocycles. The van der Waals surface area contributed by atoms with Crippen LogP contribution in [0, 0.1) is 18.7 Å². The van der Waals surface area contributed by atoms with Crippen molar-refractivity contribution in [3.63, 3.8) is 0 Å². The Kier molecular flexibility index (Phi) is 6.06. The monoisotopic (exact) mass is 425 g/mol. The van der Waals surface area contributed by atoms with Gasteiger partial charge < -0.3 is 4.57 Å². The van der Waals surface area contributed by atoms with Gasteiger partial charge in [0.15, 0.2) is 0 Å². The van der Waals surface area contributed by atoms with Crippen LogP contribution in [-0.2, 0) is 13.0 Å². The van der Waals surface area contributed by atoms with Crippen molar-refractivity contribution in [1.82, 2.24) is 4.57 Å². The zero-order chi connectivity index (χ0) is 23.0. The predicted octanol–water partition coefficient (Wildman–Crippen LogP) is 8.27. The molecule has 32 heavy (non-hydrogen) atoms. The van der Waals surface area contributed by atoms with Crippen LogP contribution in [0.25, 0.3) is 22.0 Å². The van der Waals surface area contributed by atoms with Gasteiger partial charge in [-0.25, -0.2) is 4.39 Å². The Hall–Kier alpha value is -3.13. The van der Waals surface area contributed by atoms with E-state index in [-0.39, 0.29) is 11.7 Å². The van der Waals surface area contributed by atoms with E-state index in [1.54, 1.807) is 6.07 Å². The van der Waals surface area contributed by atoms with Crippen molar-refractivity contribution in [2.24, 2.45) is 5.92 Å². The van der Waals surface area contributed by atoms with Crippen LogP contribution in [-0.4, -0.2) is 4.57 Å². The molecule has 0 aliphatic heterocycles. The van der Waals surface area contributed by atoms with E-state index in [4.69, 9.17) is 0 Å². The minimum Gasteiger partial charge on any atom is -0.336 e. The van der Waals surface area contributed by atoms with Gasteiger partial charge in [0.05, 0.1) is 12.2 Å². The lowest BCUT2D eigenvalue weighted by atomic mass is 9.84. The van der Waals surface area contributed by atoms with Crippen LogP contribution in [0.1, 0.15) is 55.1 Å². The van der Waals surface area contributed by atoms with Crippen molar-refractivity contribution < 1.29 is 4.39 Å². The molecule has 0 amide bonds. The number of benzene rings is 2. The Morgan fingerprint density at radius 1 is 1.16 bits per heavy atom. The maximum absolute atomic E-state index is 14.8. The topological polar surface area (TPSA) is 4.93 Å². The van der Waals surface area contributed by atoms with E-state index >= 15 is 0 Å². The van der Waals surface area contributed by atoms with Crippen LogP contribution in [0.15, 0.2) is 73.4 Å². The van der Waals surface area contributed by atoms with Gasteiger partial charge in [0.25, 0.3) is 0 Å². The van der Waals surface area contributed by atoms with Crippen molar-refractivity contribution in [3.05, 3.63) is 107 Å². The fraction of sp³-hybridized carbons (Fsp3) is 0.267. The average Bonchev–Trinajstić information content (AvgIpc) is 3.06. The highest BCUT2D eigenvalue weighted by atomic mass is 19.1. The fourth-order valence-corrected chi connectivity index (χ4v) is 4.75. The molecule has 3 aromatic rings. The minimum absolute atomic E-state index is 0.174. The zero-order valence-electron chi connectivity index (χ0n) is 19.6. The summed E-state index contributed by atoms with van der Waals surface area (Å²) in [6.07, 6.45) is 8.59. The molecule has 2 heteroatoms. The van der Waals surface area contributed by atoms with E-state index in [1.165, 1.54) is 16.5 Å². The number of nitrogens with zero attached hydrogens (tertiary/aromatic N) is 1. The summed E-state index contributed by atoms with van der Waals surface area (Å²) in [5.41, 5.74) is 9.63. The minimum atomic E-state index is -0.174. The number of rotatable bonds is 6. The summed E-state index contributed by atoms with van der Waals surface area (Å²) in [7, 11) is 0. The first-order valence-electron chi connectivity index (χ1n) is 11.5. The number of halogens is 1. The van der Waals surface area contributed by atoms with Gasteiger partial charge in [0.1, 0.15) is 5.82 Å². The molecule has 0 bridgehead atoms. The molecule has 1 aromatic heterocycles. The van der Waals surface area contributed by atoms with Crippen molar-refractivity contribution >= 4 is 22.0 Å². The molecule has 1 heterocycles. The van der Waals surface area contributed by atoms with Crippen molar-refractivity contribution in [2.75, 3.05) is 0 Å². The van der Waals surface area contributed by atoms with Gasteiger partial charge in [0, 0.05) is 22.0 Å². The second-order valence-electron chi connectivity index (χ2n) is 9.07. The number of hydrogen-bond donors (Lipinski definition) is 0. The molecule has 1 atom stereocenters. The summed E-state index contributed by atoms with van der Waals surface area (Å²) in [4.78, 5) is 0. The van der Waals surface area contributed by atoms with E-state index in [9.17, 15) is 4.39 Å². The molecule has 0 saturated heterocycles. The highest BCUT2D eigenvalue weighted by Crippen LogP contribution is 2.42. The molecule has 2 aromatic carbocycles. The van der Waals surface area contributed by atoms with Gasteiger partial charge in [-0.3, -0.25) is 0 Å². The largest absolute Gasteiger partial charge is 0.336 e. The Labute approximate surface area is 191 Å². The molecule has 0 spiro atoms. The van der Waals surface area contributed by atoms with Crippen LogP contribution in [0.2, 0.25) is 0 Å². The fourth-order valence-electron chi connectivity index (χ4n) is 4.75. The van der Waals surface area contributed by atoms with Gasteiger partial charge in [-0.15, -0.1) is 0 Å². The molecule has 1 nitrogen and oxygen atoms in total. The van der Waals surface area contributed by atoms with Gasteiger partial charge in [-0.2, -0.15) is 0 Å². The highest BCUT2D eigenvalue weighted by Gasteiger charge is 2.25. The number of aryl methyl sites for hydroxylation is 2. The second kappa shape index (κ2) is 8.78. The van der Waals surface area contributed by atoms with Crippen LogP contribution in [0.3, 0.4) is 0 Å². The number of aromatic nitrogens is 1. The molecular weight excluding hydrogens is 393 g/mol. The van der Waals surface area contributed by atoms with Crippen LogP contribution < -0.4 is 0 Å². The zero-order valence-corrected chi connectivity index (χ0v) is 19.6. The smallest absolute Gasteiger partial charge is 0.128 e. The summed E-state index contributed by atoms with van der Waals surface area (Å²) < 4.78 is 17.0. The second-order valence-corrected chi connectivity index (χ2v) is 9.07. The Balaban J connectivity index is 2.03. The molecule has 0 fully saturated rings. The lowest BCUT2D eigenvalue weighted by molar-refractivity contribution is 0.600. The van der Waals surface area contributed by atoms with Crippen LogP contribution in [0.4, 0.5) is 4.39 Å². The van der Waals surface area contributed by atoms with Crippen molar-refractivity contribution in [3.8, 4) is 0 Å². The van der Waals surface area contributed by atoms with E-state index in [2.05, 4.69) is 68.0 Å². The van der Waals surface area contributed by atoms with E-state index in [1.807, 2.05) is 26.0 Å². The molecule has 164 valence electrons. The van der Waals surface area contributed by atoms with E-state index in [0.717, 1.165) is 46.3 Å². The van der Waals surface area contributed by atoms with Crippen molar-refractivity contribution in [1.29, 1.82) is 0 Å². The predicted molar refractivity (Wildman–Crippen MR) is 136 cm³/mol.